The summed E-state index contributed by atoms with van der Waals surface area (Å²) in [5, 5.41) is 2.25. The molecule has 4 nitrogen and oxygen atoms in total. The molecule has 0 N–H and O–H groups in total. The molecule has 0 amide bonds. The van der Waals surface area contributed by atoms with Gasteiger partial charge in [0, 0.05) is 17.0 Å². The van der Waals surface area contributed by atoms with Gasteiger partial charge in [-0.05, 0) is 67.8 Å². The largest absolute Gasteiger partial charge is 4.00 e. The van der Waals surface area contributed by atoms with E-state index in [1.807, 2.05) is 24.3 Å². The zero-order valence-corrected chi connectivity index (χ0v) is 38.1. The van der Waals surface area contributed by atoms with Gasteiger partial charge in [-0.15, -0.1) is 35.7 Å². The van der Waals surface area contributed by atoms with Crippen molar-refractivity contribution in [1.29, 1.82) is 0 Å². The van der Waals surface area contributed by atoms with Gasteiger partial charge in [-0.3, -0.25) is 4.57 Å². The molecule has 0 radical (unpaired) electrons. The van der Waals surface area contributed by atoms with Gasteiger partial charge in [-0.1, -0.05) is 146 Å². The molecule has 0 aliphatic carbocycles. The molecule has 9 rings (SSSR count). The van der Waals surface area contributed by atoms with Crippen molar-refractivity contribution in [1.82, 2.24) is 9.13 Å². The van der Waals surface area contributed by atoms with E-state index >= 15 is 0 Å². The fourth-order valence-corrected chi connectivity index (χ4v) is 7.88. The Bertz CT molecular complexity index is 2990. The van der Waals surface area contributed by atoms with Gasteiger partial charge in [0.25, 0.3) is 6.33 Å². The van der Waals surface area contributed by atoms with Crippen LogP contribution in [0, 0.1) is 24.5 Å². The maximum atomic E-state index is 6.65. The summed E-state index contributed by atoms with van der Waals surface area (Å²) in [4.78, 5) is 0. The van der Waals surface area contributed by atoms with Crippen LogP contribution in [0.5, 0.6) is 11.5 Å². The third-order valence-corrected chi connectivity index (χ3v) is 11.3. The number of rotatable bonds is 6. The van der Waals surface area contributed by atoms with Crippen LogP contribution < -0.4 is 9.30 Å². The predicted octanol–water partition coefficient (Wildman–Crippen LogP) is 13.6. The van der Waals surface area contributed by atoms with E-state index in [4.69, 9.17) is 4.74 Å². The Kier molecular flexibility index (Phi) is 10.5. The van der Waals surface area contributed by atoms with Crippen molar-refractivity contribution < 1.29 is 30.4 Å². The summed E-state index contributed by atoms with van der Waals surface area (Å²) in [6, 6.07) is 60.1. The summed E-state index contributed by atoms with van der Waals surface area (Å²) in [6.07, 6.45) is 3.70. The first-order valence-corrected chi connectivity index (χ1v) is 20.5. The summed E-state index contributed by atoms with van der Waals surface area (Å²) in [5.74, 6) is 1.20. The van der Waals surface area contributed by atoms with Gasteiger partial charge in [0.1, 0.15) is 0 Å². The summed E-state index contributed by atoms with van der Waals surface area (Å²) in [5.41, 5.74) is 13.1. The molecule has 0 fully saturated rings. The molecule has 0 unspecified atom stereocenters. The first kappa shape index (κ1) is 41.1. The molecule has 2 heterocycles. The molecule has 0 spiro atoms. The van der Waals surface area contributed by atoms with E-state index in [1.165, 1.54) is 27.8 Å². The van der Waals surface area contributed by atoms with Crippen LogP contribution in [0.25, 0.3) is 61.0 Å². The van der Waals surface area contributed by atoms with Crippen molar-refractivity contribution >= 4 is 32.8 Å². The third-order valence-electron chi connectivity index (χ3n) is 11.3. The van der Waals surface area contributed by atoms with E-state index in [2.05, 4.69) is 216 Å². The van der Waals surface area contributed by atoms with Crippen LogP contribution in [-0.2, 0) is 37.3 Å². The normalized spacial score (nSPS) is 12.3. The Labute approximate surface area is 369 Å². The first-order valence-electron chi connectivity index (χ1n) is 20.5. The summed E-state index contributed by atoms with van der Waals surface area (Å²) < 4.78 is 13.2. The van der Waals surface area contributed by atoms with Crippen LogP contribution >= 0.6 is 0 Å². The van der Waals surface area contributed by atoms with E-state index in [-0.39, 0.29) is 37.3 Å². The molecule has 60 heavy (non-hydrogen) atoms. The SMILES string of the molecule is CC(C)(C)c1cc[c-]c(-n2c3[c-]c(Oc4[c-]c(-n5[c-][n+](-c6cc(C(C)(C)C)cc(C(C)(C)C)c6)c6ccccc65)ccc4)ccc3c3cc(-c4ccccc4)ccc32)c1.[Pt+4]. The van der Waals surface area contributed by atoms with Crippen molar-refractivity contribution in [2.45, 2.75) is 78.6 Å². The minimum atomic E-state index is -0.0184. The van der Waals surface area contributed by atoms with E-state index < -0.39 is 0 Å². The Hall–Kier alpha value is -5.70. The quantitative estimate of drug-likeness (QED) is 0.120. The molecule has 2 aromatic heterocycles. The van der Waals surface area contributed by atoms with Crippen molar-refractivity contribution in [3.05, 3.63) is 181 Å². The molecule has 0 aliphatic heterocycles. The standard InChI is InChI=1S/C55H50N3O.Pt/c1-53(2,3)39-19-15-21-43(31-39)58-49-28-25-38(37-17-11-10-12-18-37)29-48(49)47-27-26-46(35-52(47)58)59-45-22-16-20-42(34-45)56-36-57(51-24-14-13-23-50(51)56)44-32-40(54(4,5)6)30-41(33-44)55(7,8)9;/h10-20,22-33H,1-9H3;/q-3;+4. The molecule has 5 heteroatoms. The van der Waals surface area contributed by atoms with Crippen LogP contribution in [0.3, 0.4) is 0 Å². The van der Waals surface area contributed by atoms with Gasteiger partial charge in [0.05, 0.1) is 16.7 Å². The molecule has 0 atom stereocenters. The first-order chi connectivity index (χ1) is 28.1. The van der Waals surface area contributed by atoms with Crippen molar-refractivity contribution in [3.8, 4) is 39.7 Å². The van der Waals surface area contributed by atoms with Crippen LogP contribution in [0.4, 0.5) is 0 Å². The zero-order chi connectivity index (χ0) is 41.3. The zero-order valence-electron chi connectivity index (χ0n) is 35.8. The molecule has 0 saturated heterocycles. The number of para-hydroxylation sites is 2. The topological polar surface area (TPSA) is 23.0 Å². The fourth-order valence-electron chi connectivity index (χ4n) is 7.88. The maximum Gasteiger partial charge on any atom is 4.00 e. The number of aromatic nitrogens is 3. The second-order valence-electron chi connectivity index (χ2n) is 18.8. The molecule has 300 valence electrons. The number of benzene rings is 7. The van der Waals surface area contributed by atoms with Crippen molar-refractivity contribution in [2.24, 2.45) is 0 Å². The van der Waals surface area contributed by atoms with E-state index in [1.54, 1.807) is 0 Å². The van der Waals surface area contributed by atoms with E-state index in [0.29, 0.717) is 11.5 Å². The summed E-state index contributed by atoms with van der Waals surface area (Å²) >= 11 is 0. The second kappa shape index (κ2) is 15.4. The van der Waals surface area contributed by atoms with Crippen molar-refractivity contribution in [2.75, 3.05) is 0 Å². The molecule has 0 saturated carbocycles. The molecule has 7 aromatic carbocycles. The van der Waals surface area contributed by atoms with Crippen LogP contribution in [-0.4, -0.2) is 9.13 Å². The Morgan fingerprint density at radius 1 is 0.517 bits per heavy atom. The van der Waals surface area contributed by atoms with E-state index in [9.17, 15) is 0 Å². The number of hydrogen-bond donors (Lipinski definition) is 0. The Balaban J connectivity index is 0.00000499. The average molecular weight is 964 g/mol. The molecule has 9 aromatic rings. The Morgan fingerprint density at radius 2 is 1.20 bits per heavy atom. The maximum absolute atomic E-state index is 6.65. The van der Waals surface area contributed by atoms with Gasteiger partial charge in [0.2, 0.25) is 0 Å². The minimum absolute atomic E-state index is 0. The van der Waals surface area contributed by atoms with Gasteiger partial charge in [0.15, 0.2) is 0 Å². The van der Waals surface area contributed by atoms with Crippen molar-refractivity contribution in [3.63, 3.8) is 0 Å². The van der Waals surface area contributed by atoms with Gasteiger partial charge < -0.3 is 13.9 Å². The monoisotopic (exact) mass is 963 g/mol. The molecule has 0 aliphatic rings. The molecular weight excluding hydrogens is 914 g/mol. The smallest absolute Gasteiger partial charge is 0.510 e. The number of hydrogen-bond acceptors (Lipinski definition) is 1. The molecule has 0 bridgehead atoms. The summed E-state index contributed by atoms with van der Waals surface area (Å²) in [7, 11) is 0. The van der Waals surface area contributed by atoms with Gasteiger partial charge >= 0.3 is 21.1 Å². The third kappa shape index (κ3) is 7.75. The van der Waals surface area contributed by atoms with Crippen LogP contribution in [0.15, 0.2) is 140 Å². The average Bonchev–Trinajstić information content (AvgIpc) is 3.76. The summed E-state index contributed by atoms with van der Waals surface area (Å²) in [6.45, 7) is 20.4. The van der Waals surface area contributed by atoms with E-state index in [0.717, 1.165) is 49.9 Å². The minimum Gasteiger partial charge on any atom is -0.510 e. The fraction of sp³-hybridized carbons (Fsp3) is 0.218. The van der Waals surface area contributed by atoms with Gasteiger partial charge in [-0.25, -0.2) is 0 Å². The number of fused-ring (bicyclic) bond motifs is 4. The van der Waals surface area contributed by atoms with Crippen LogP contribution in [0.2, 0.25) is 0 Å². The number of nitrogens with zero attached hydrogens (tertiary/aromatic N) is 3. The second-order valence-corrected chi connectivity index (χ2v) is 18.8. The predicted molar refractivity (Wildman–Crippen MR) is 243 cm³/mol. The number of imidazole rings is 1. The van der Waals surface area contributed by atoms with Gasteiger partial charge in [-0.2, -0.15) is 42.0 Å². The van der Waals surface area contributed by atoms with Crippen LogP contribution in [0.1, 0.15) is 79.0 Å². The number of ether oxygens (including phenoxy) is 1. The molecular formula is C55H50N3OPt+. The Morgan fingerprint density at radius 3 is 1.92 bits per heavy atom.